The Labute approximate surface area is 257 Å². The van der Waals surface area contributed by atoms with Crippen LogP contribution in [0.25, 0.3) is 11.2 Å². The van der Waals surface area contributed by atoms with Crippen LogP contribution < -0.4 is 23.8 Å². The zero-order valence-electron chi connectivity index (χ0n) is 25.6. The van der Waals surface area contributed by atoms with Gasteiger partial charge in [-0.2, -0.15) is 8.42 Å². The molecule has 0 aliphatic heterocycles. The summed E-state index contributed by atoms with van der Waals surface area (Å²) in [6, 6.07) is 11.4. The van der Waals surface area contributed by atoms with Crippen molar-refractivity contribution in [1.29, 1.82) is 0 Å². The van der Waals surface area contributed by atoms with Crippen molar-refractivity contribution in [1.82, 2.24) is 25.0 Å². The first kappa shape index (κ1) is 31.3. The molecule has 14 heteroatoms. The van der Waals surface area contributed by atoms with Crippen LogP contribution in [0.15, 0.2) is 42.7 Å². The second-order valence-corrected chi connectivity index (χ2v) is 12.4. The molecule has 236 valence electrons. The topological polar surface area (TPSA) is 140 Å². The molecule has 0 saturated heterocycles. The highest BCUT2D eigenvalue weighted by atomic mass is 32.2. The summed E-state index contributed by atoms with van der Waals surface area (Å²) >= 11 is 0. The van der Waals surface area contributed by atoms with Gasteiger partial charge in [-0.15, -0.1) is 5.10 Å². The molecule has 5 rings (SSSR count). The summed E-state index contributed by atoms with van der Waals surface area (Å²) in [5, 5.41) is 9.09. The summed E-state index contributed by atoms with van der Waals surface area (Å²) in [6.45, 7) is 1.01. The lowest BCUT2D eigenvalue weighted by Gasteiger charge is -2.28. The van der Waals surface area contributed by atoms with Crippen molar-refractivity contribution in [2.75, 3.05) is 46.2 Å². The maximum absolute atomic E-state index is 11.6. The van der Waals surface area contributed by atoms with Crippen molar-refractivity contribution in [3.8, 4) is 23.0 Å². The number of aromatic nitrogens is 5. The van der Waals surface area contributed by atoms with E-state index < -0.39 is 10.1 Å². The number of anilines is 1. The first-order valence-corrected chi connectivity index (χ1v) is 16.1. The molecule has 1 fully saturated rings. The lowest BCUT2D eigenvalue weighted by atomic mass is 9.86. The number of hydrogen-bond acceptors (Lipinski definition) is 12. The average molecular weight is 627 g/mol. The molecule has 2 heterocycles. The van der Waals surface area contributed by atoms with Gasteiger partial charge in [0.25, 0.3) is 10.1 Å². The lowest BCUT2D eigenvalue weighted by Crippen LogP contribution is -2.25. The van der Waals surface area contributed by atoms with Gasteiger partial charge in [0.15, 0.2) is 17.0 Å². The molecular weight excluding hydrogens is 588 g/mol. The van der Waals surface area contributed by atoms with Gasteiger partial charge in [0.2, 0.25) is 0 Å². The van der Waals surface area contributed by atoms with Gasteiger partial charge in [-0.05, 0) is 49.4 Å². The highest BCUT2D eigenvalue weighted by Crippen LogP contribution is 2.36. The molecule has 1 aliphatic carbocycles. The highest BCUT2D eigenvalue weighted by molar-refractivity contribution is 7.85. The fourth-order valence-corrected chi connectivity index (χ4v) is 6.11. The molecule has 0 spiro atoms. The van der Waals surface area contributed by atoms with Crippen LogP contribution in [-0.4, -0.2) is 74.7 Å². The molecule has 4 aromatic rings. The van der Waals surface area contributed by atoms with Crippen LogP contribution in [0.4, 0.5) is 5.82 Å². The molecule has 1 saturated carbocycles. The molecule has 2 atom stereocenters. The summed E-state index contributed by atoms with van der Waals surface area (Å²) in [6.07, 6.45) is 5.99. The van der Waals surface area contributed by atoms with Gasteiger partial charge >= 0.3 is 0 Å². The van der Waals surface area contributed by atoms with E-state index >= 15 is 0 Å². The second kappa shape index (κ2) is 13.6. The predicted molar refractivity (Wildman–Crippen MR) is 164 cm³/mol. The number of fused-ring (bicyclic) bond motifs is 1. The Morgan fingerprint density at radius 1 is 0.886 bits per heavy atom. The number of ether oxygens (including phenoxy) is 4. The minimum atomic E-state index is -3.51. The molecule has 2 aromatic carbocycles. The summed E-state index contributed by atoms with van der Waals surface area (Å²) in [5.74, 6) is 3.42. The smallest absolute Gasteiger partial charge is 0.264 e. The van der Waals surface area contributed by atoms with Crippen LogP contribution in [0.1, 0.15) is 42.9 Å². The van der Waals surface area contributed by atoms with Gasteiger partial charge in [0.05, 0.1) is 47.3 Å². The minimum Gasteiger partial charge on any atom is -0.497 e. The molecule has 0 radical (unpaired) electrons. The van der Waals surface area contributed by atoms with Gasteiger partial charge in [-0.3, -0.25) is 4.18 Å². The molecule has 2 unspecified atom stereocenters. The van der Waals surface area contributed by atoms with Crippen molar-refractivity contribution < 1.29 is 31.5 Å². The number of rotatable bonds is 13. The molecule has 2 aromatic heterocycles. The van der Waals surface area contributed by atoms with Gasteiger partial charge < -0.3 is 23.8 Å². The summed E-state index contributed by atoms with van der Waals surface area (Å²) in [7, 11) is 2.98. The summed E-state index contributed by atoms with van der Waals surface area (Å²) in [5.41, 5.74) is 3.00. The second-order valence-electron chi connectivity index (χ2n) is 10.8. The number of benzene rings is 2. The van der Waals surface area contributed by atoms with Crippen molar-refractivity contribution in [2.45, 2.75) is 44.8 Å². The van der Waals surface area contributed by atoms with E-state index in [-0.39, 0.29) is 18.6 Å². The van der Waals surface area contributed by atoms with Crippen LogP contribution in [0.2, 0.25) is 0 Å². The van der Waals surface area contributed by atoms with Gasteiger partial charge in [0.1, 0.15) is 29.3 Å². The third-order valence-corrected chi connectivity index (χ3v) is 8.44. The third kappa shape index (κ3) is 7.13. The zero-order chi connectivity index (χ0) is 31.3. The van der Waals surface area contributed by atoms with E-state index in [1.165, 1.54) is 6.33 Å². The number of methoxy groups -OCH3 is 4. The lowest BCUT2D eigenvalue weighted by molar-refractivity contribution is 0.177. The van der Waals surface area contributed by atoms with Gasteiger partial charge in [-0.1, -0.05) is 11.6 Å². The fraction of sp³-hybridized carbons (Fsp3) is 0.467. The first-order chi connectivity index (χ1) is 21.2. The van der Waals surface area contributed by atoms with E-state index in [0.29, 0.717) is 59.5 Å². The molecule has 1 aliphatic rings. The predicted octanol–water partition coefficient (Wildman–Crippen LogP) is 4.17. The van der Waals surface area contributed by atoms with Crippen LogP contribution in [0.3, 0.4) is 0 Å². The SMILES string of the molecule is COc1ccc(CN(Cc2ccc(OC)cc2OC)c2ncnc3c2nnn3C2CCCC(COS(C)(=O)=O)C2)c(OC)c1. The van der Waals surface area contributed by atoms with E-state index in [9.17, 15) is 8.42 Å². The zero-order valence-corrected chi connectivity index (χ0v) is 26.4. The Hall–Kier alpha value is -4.17. The minimum absolute atomic E-state index is 0.00137. The summed E-state index contributed by atoms with van der Waals surface area (Å²) < 4.78 is 52.3. The molecule has 0 N–H and O–H groups in total. The Morgan fingerprint density at radius 2 is 1.52 bits per heavy atom. The van der Waals surface area contributed by atoms with E-state index in [1.54, 1.807) is 28.4 Å². The Bertz CT molecular complexity index is 1640. The first-order valence-electron chi connectivity index (χ1n) is 14.3. The van der Waals surface area contributed by atoms with Gasteiger partial charge in [-0.25, -0.2) is 14.6 Å². The maximum Gasteiger partial charge on any atom is 0.264 e. The van der Waals surface area contributed by atoms with E-state index in [4.69, 9.17) is 23.1 Å². The van der Waals surface area contributed by atoms with E-state index in [1.807, 2.05) is 41.1 Å². The largest absolute Gasteiger partial charge is 0.497 e. The van der Waals surface area contributed by atoms with Crippen LogP contribution in [0, 0.1) is 5.92 Å². The monoisotopic (exact) mass is 626 g/mol. The molecular formula is C30H38N6O7S. The van der Waals surface area contributed by atoms with Gasteiger partial charge in [0, 0.05) is 36.3 Å². The molecule has 0 bridgehead atoms. The number of nitrogens with zero attached hydrogens (tertiary/aromatic N) is 6. The average Bonchev–Trinajstić information content (AvgIpc) is 3.48. The van der Waals surface area contributed by atoms with Crippen molar-refractivity contribution in [3.05, 3.63) is 53.9 Å². The van der Waals surface area contributed by atoms with Crippen LogP contribution in [0.5, 0.6) is 23.0 Å². The normalized spacial score (nSPS) is 16.9. The van der Waals surface area contributed by atoms with Crippen molar-refractivity contribution >= 4 is 27.1 Å². The Kier molecular flexibility index (Phi) is 9.69. The summed E-state index contributed by atoms with van der Waals surface area (Å²) in [4.78, 5) is 11.4. The maximum atomic E-state index is 11.6. The quantitative estimate of drug-likeness (QED) is 0.197. The van der Waals surface area contributed by atoms with Crippen LogP contribution in [-0.2, 0) is 27.4 Å². The Balaban J connectivity index is 1.52. The molecule has 44 heavy (non-hydrogen) atoms. The van der Waals surface area contributed by atoms with Crippen molar-refractivity contribution in [3.63, 3.8) is 0 Å². The van der Waals surface area contributed by atoms with Crippen molar-refractivity contribution in [2.24, 2.45) is 5.92 Å². The number of hydrogen-bond donors (Lipinski definition) is 0. The third-order valence-electron chi connectivity index (χ3n) is 7.87. The molecule has 0 amide bonds. The molecule has 13 nitrogen and oxygen atoms in total. The van der Waals surface area contributed by atoms with E-state index in [2.05, 4.69) is 25.2 Å². The van der Waals surface area contributed by atoms with Crippen LogP contribution >= 0.6 is 0 Å². The fourth-order valence-electron chi connectivity index (χ4n) is 5.67. The standard InChI is InChI=1S/C30H38N6O7S/c1-39-24-11-9-21(26(14-24)41-3)16-35(17-22-10-12-25(40-2)15-27(22)42-4)29-28-30(32-19-31-29)36(34-33-28)23-8-6-7-20(13-23)18-43-44(5,37)38/h9-12,14-15,19-20,23H,6-8,13,16-18H2,1-5H3. The Morgan fingerprint density at radius 3 is 2.09 bits per heavy atom. The highest BCUT2D eigenvalue weighted by Gasteiger charge is 2.28. The van der Waals surface area contributed by atoms with E-state index in [0.717, 1.165) is 36.6 Å².